The smallest absolute Gasteiger partial charge is 0.147 e. The van der Waals surface area contributed by atoms with Crippen molar-refractivity contribution in [1.82, 2.24) is 0 Å². The van der Waals surface area contributed by atoms with E-state index in [2.05, 4.69) is 0 Å². The van der Waals surface area contributed by atoms with E-state index in [0.717, 1.165) is 27.9 Å². The van der Waals surface area contributed by atoms with Crippen molar-refractivity contribution in [2.45, 2.75) is 35.6 Å². The van der Waals surface area contributed by atoms with E-state index in [1.54, 1.807) is 11.8 Å². The fourth-order valence-corrected chi connectivity index (χ4v) is 5.01. The number of aldehydes is 1. The largest absolute Gasteiger partial charge is 0.388 e. The number of ether oxygens (including phenoxy) is 2. The minimum Gasteiger partial charge on any atom is -0.388 e. The Bertz CT molecular complexity index is 1040. The molecule has 3 aromatic rings. The molecule has 0 aromatic heterocycles. The molecule has 1 N–H and O–H groups in total. The Labute approximate surface area is 192 Å². The number of aliphatic hydroxyl groups is 1. The molecule has 0 bridgehead atoms. The van der Waals surface area contributed by atoms with Crippen molar-refractivity contribution in [1.29, 1.82) is 0 Å². The number of thioether (sulfide) groups is 1. The highest BCUT2D eigenvalue weighted by Gasteiger charge is 2.35. The first-order valence-corrected chi connectivity index (χ1v) is 11.5. The third kappa shape index (κ3) is 5.75. The summed E-state index contributed by atoms with van der Waals surface area (Å²) < 4.78 is 12.0. The Morgan fingerprint density at radius 2 is 1.50 bits per heavy atom. The molecule has 0 saturated heterocycles. The van der Waals surface area contributed by atoms with E-state index >= 15 is 0 Å². The number of carbonyl (C=O) groups excluding carboxylic acids is 1. The molecular formula is C27H26O4S. The van der Waals surface area contributed by atoms with Gasteiger partial charge in [-0.2, -0.15) is 0 Å². The average molecular weight is 447 g/mol. The van der Waals surface area contributed by atoms with Crippen LogP contribution < -0.4 is 0 Å². The first kappa shape index (κ1) is 22.5. The van der Waals surface area contributed by atoms with Crippen molar-refractivity contribution >= 4 is 24.1 Å². The lowest BCUT2D eigenvalue weighted by Crippen LogP contribution is -2.42. The van der Waals surface area contributed by atoms with Crippen LogP contribution in [-0.2, 0) is 27.5 Å². The van der Waals surface area contributed by atoms with Crippen molar-refractivity contribution < 1.29 is 19.4 Å². The number of rotatable bonds is 10. The van der Waals surface area contributed by atoms with E-state index in [9.17, 15) is 9.90 Å². The van der Waals surface area contributed by atoms with Crippen LogP contribution in [0.15, 0.2) is 95.4 Å². The van der Waals surface area contributed by atoms with Gasteiger partial charge in [0.15, 0.2) is 0 Å². The van der Waals surface area contributed by atoms with Gasteiger partial charge in [-0.05, 0) is 28.8 Å². The maximum atomic E-state index is 11.9. The second-order valence-electron chi connectivity index (χ2n) is 7.67. The Morgan fingerprint density at radius 1 is 0.875 bits per heavy atom. The topological polar surface area (TPSA) is 55.8 Å². The second-order valence-corrected chi connectivity index (χ2v) is 8.85. The monoisotopic (exact) mass is 446 g/mol. The molecular weight excluding hydrogens is 420 g/mol. The van der Waals surface area contributed by atoms with Crippen LogP contribution >= 0.6 is 11.8 Å². The van der Waals surface area contributed by atoms with Gasteiger partial charge in [-0.1, -0.05) is 78.9 Å². The van der Waals surface area contributed by atoms with Gasteiger partial charge in [0.2, 0.25) is 0 Å². The van der Waals surface area contributed by atoms with Crippen LogP contribution in [0.4, 0.5) is 0 Å². The summed E-state index contributed by atoms with van der Waals surface area (Å²) in [4.78, 5) is 13.0. The Kier molecular flexibility index (Phi) is 7.91. The summed E-state index contributed by atoms with van der Waals surface area (Å²) in [5.74, 6) is 0. The highest BCUT2D eigenvalue weighted by atomic mass is 32.2. The highest BCUT2D eigenvalue weighted by Crippen LogP contribution is 2.40. The zero-order valence-electron chi connectivity index (χ0n) is 17.7. The molecule has 0 saturated carbocycles. The van der Waals surface area contributed by atoms with Gasteiger partial charge in [0.25, 0.3) is 0 Å². The minimum absolute atomic E-state index is 0.110. The van der Waals surface area contributed by atoms with Gasteiger partial charge in [0, 0.05) is 10.5 Å². The summed E-state index contributed by atoms with van der Waals surface area (Å²) in [5.41, 5.74) is 3.66. The van der Waals surface area contributed by atoms with Crippen LogP contribution in [0.1, 0.15) is 16.7 Å². The molecule has 4 nitrogen and oxygen atoms in total. The number of benzene rings is 3. The Balaban J connectivity index is 1.50. The molecule has 0 radical (unpaired) electrons. The van der Waals surface area contributed by atoms with E-state index in [1.807, 2.05) is 91.0 Å². The third-order valence-electron chi connectivity index (χ3n) is 5.32. The van der Waals surface area contributed by atoms with Gasteiger partial charge in [-0.25, -0.2) is 0 Å². The fourth-order valence-electron chi connectivity index (χ4n) is 3.66. The summed E-state index contributed by atoms with van der Waals surface area (Å²) in [6, 6.07) is 27.6. The maximum absolute atomic E-state index is 11.9. The third-order valence-corrected chi connectivity index (χ3v) is 6.74. The predicted molar refractivity (Wildman–Crippen MR) is 127 cm³/mol. The molecule has 0 spiro atoms. The van der Waals surface area contributed by atoms with Crippen LogP contribution in [0.5, 0.6) is 0 Å². The summed E-state index contributed by atoms with van der Waals surface area (Å²) in [6.45, 7) is 0.853. The molecule has 0 fully saturated rings. The van der Waals surface area contributed by atoms with Gasteiger partial charge in [0.05, 0.1) is 25.1 Å². The van der Waals surface area contributed by atoms with Crippen LogP contribution in [0.25, 0.3) is 6.08 Å². The SMILES string of the molecule is O=CC1=Cc2ccccc2SC1C(OCc1ccccc1)C(O)COCc1ccccc1. The van der Waals surface area contributed by atoms with E-state index < -0.39 is 12.2 Å². The summed E-state index contributed by atoms with van der Waals surface area (Å²) in [5, 5.41) is 10.7. The molecule has 0 amide bonds. The standard InChI is InChI=1S/C27H26O4S/c28-16-23-15-22-13-7-8-14-25(22)32-27(23)26(31-18-21-11-5-2-6-12-21)24(29)19-30-17-20-9-3-1-4-10-20/h1-16,24,26-27,29H,17-19H2. The zero-order valence-corrected chi connectivity index (χ0v) is 18.5. The van der Waals surface area contributed by atoms with Crippen molar-refractivity contribution in [3.05, 3.63) is 107 Å². The lowest BCUT2D eigenvalue weighted by molar-refractivity contribution is -0.106. The van der Waals surface area contributed by atoms with Crippen molar-refractivity contribution in [3.63, 3.8) is 0 Å². The molecule has 164 valence electrons. The normalized spacial score (nSPS) is 17.2. The van der Waals surface area contributed by atoms with Gasteiger partial charge >= 0.3 is 0 Å². The van der Waals surface area contributed by atoms with Crippen molar-refractivity contribution in [3.8, 4) is 0 Å². The fraction of sp³-hybridized carbons (Fsp3) is 0.222. The van der Waals surface area contributed by atoms with E-state index in [0.29, 0.717) is 18.8 Å². The molecule has 3 atom stereocenters. The summed E-state index contributed by atoms with van der Waals surface area (Å²) in [6.07, 6.45) is 1.25. The maximum Gasteiger partial charge on any atom is 0.147 e. The first-order valence-electron chi connectivity index (χ1n) is 10.6. The number of aliphatic hydroxyl groups excluding tert-OH is 1. The molecule has 1 aliphatic heterocycles. The van der Waals surface area contributed by atoms with Gasteiger partial charge in [0.1, 0.15) is 18.5 Å². The van der Waals surface area contributed by atoms with E-state index in [4.69, 9.17) is 9.47 Å². The molecule has 1 aliphatic rings. The van der Waals surface area contributed by atoms with E-state index in [1.165, 1.54) is 0 Å². The molecule has 3 aromatic carbocycles. The highest BCUT2D eigenvalue weighted by molar-refractivity contribution is 8.00. The number of hydrogen-bond acceptors (Lipinski definition) is 5. The molecule has 0 aliphatic carbocycles. The second kappa shape index (κ2) is 11.2. The van der Waals surface area contributed by atoms with Gasteiger partial charge in [-0.15, -0.1) is 11.8 Å². The quantitative estimate of drug-likeness (QED) is 0.449. The Morgan fingerprint density at radius 3 is 2.19 bits per heavy atom. The summed E-state index contributed by atoms with van der Waals surface area (Å²) >= 11 is 1.55. The molecule has 1 heterocycles. The number of fused-ring (bicyclic) bond motifs is 1. The van der Waals surface area contributed by atoms with Crippen LogP contribution in [0, 0.1) is 0 Å². The van der Waals surface area contributed by atoms with Crippen molar-refractivity contribution in [2.24, 2.45) is 0 Å². The molecule has 3 unspecified atom stereocenters. The zero-order chi connectivity index (χ0) is 22.2. The number of carbonyl (C=O) groups is 1. The average Bonchev–Trinajstić information content (AvgIpc) is 2.85. The van der Waals surface area contributed by atoms with Crippen molar-refractivity contribution in [2.75, 3.05) is 6.61 Å². The lowest BCUT2D eigenvalue weighted by Gasteiger charge is -2.33. The molecule has 5 heteroatoms. The van der Waals surface area contributed by atoms with Crippen LogP contribution in [-0.4, -0.2) is 35.5 Å². The van der Waals surface area contributed by atoms with Gasteiger partial charge < -0.3 is 14.6 Å². The van der Waals surface area contributed by atoms with Gasteiger partial charge in [-0.3, -0.25) is 4.79 Å². The summed E-state index contributed by atoms with van der Waals surface area (Å²) in [7, 11) is 0. The minimum atomic E-state index is -0.895. The van der Waals surface area contributed by atoms with E-state index in [-0.39, 0.29) is 11.9 Å². The van der Waals surface area contributed by atoms with Crippen LogP contribution in [0.3, 0.4) is 0 Å². The lowest BCUT2D eigenvalue weighted by atomic mass is 10.0. The van der Waals surface area contributed by atoms with Crippen LogP contribution in [0.2, 0.25) is 0 Å². The molecule has 32 heavy (non-hydrogen) atoms. The number of hydrogen-bond donors (Lipinski definition) is 1. The Hall–Kier alpha value is -2.70. The first-order chi connectivity index (χ1) is 15.7. The predicted octanol–water partition coefficient (Wildman–Crippen LogP) is 4.91. The molecule has 4 rings (SSSR count).